The van der Waals surface area contributed by atoms with Crippen molar-refractivity contribution in [3.05, 3.63) is 66.0 Å². The zero-order valence-corrected chi connectivity index (χ0v) is 28.4. The molecule has 1 amide bonds. The van der Waals surface area contributed by atoms with E-state index in [1.54, 1.807) is 30.2 Å². The number of likely N-dealkylation sites (tertiary alicyclic amines) is 2. The minimum atomic E-state index is -1.54. The van der Waals surface area contributed by atoms with E-state index in [1.807, 2.05) is 50.4 Å². The second kappa shape index (κ2) is 19.0. The standard InChI is InChI=1S/C37H54FN3O6/c1-27(30-9-6-19-39-25-30)7-5-8-28(2)34(26-43)29(3)10-11-35(37(4,46)18-12-33(44)17-24-42)47-36(45)41-22-15-32(16-23-41)40-20-13-31(38)14-21-40/h5-11,19,24-27,29,31-35,44,46H,12-18,20-23H2,1-4H3/b7-5+,11-10+,28-8+/t27?,29-,33-,34+,35-,37-/m0/s1. The molecule has 1 aromatic heterocycles. The molecule has 3 rings (SSSR count). The maximum atomic E-state index is 13.6. The minimum Gasteiger partial charge on any atom is -0.439 e. The highest BCUT2D eigenvalue weighted by Crippen LogP contribution is 2.28. The van der Waals surface area contributed by atoms with E-state index in [0.29, 0.717) is 38.3 Å². The predicted molar refractivity (Wildman–Crippen MR) is 181 cm³/mol. The Balaban J connectivity index is 1.68. The number of nitrogens with zero attached hydrogens (tertiary/aromatic N) is 3. The van der Waals surface area contributed by atoms with E-state index in [2.05, 4.69) is 16.8 Å². The number of alkyl halides is 1. The van der Waals surface area contributed by atoms with Crippen LogP contribution < -0.4 is 0 Å². The molecule has 1 unspecified atom stereocenters. The number of allylic oxidation sites excluding steroid dienone is 5. The van der Waals surface area contributed by atoms with Crippen LogP contribution in [0.15, 0.2) is 60.5 Å². The number of aliphatic hydroxyl groups excluding tert-OH is 1. The third kappa shape index (κ3) is 12.1. The van der Waals surface area contributed by atoms with E-state index in [-0.39, 0.29) is 31.1 Å². The Morgan fingerprint density at radius 3 is 2.45 bits per heavy atom. The van der Waals surface area contributed by atoms with Gasteiger partial charge in [0.2, 0.25) is 0 Å². The van der Waals surface area contributed by atoms with Crippen molar-refractivity contribution in [2.24, 2.45) is 11.8 Å². The lowest BCUT2D eigenvalue weighted by Crippen LogP contribution is -2.51. The predicted octanol–water partition coefficient (Wildman–Crippen LogP) is 5.58. The summed E-state index contributed by atoms with van der Waals surface area (Å²) in [4.78, 5) is 44.5. The van der Waals surface area contributed by atoms with Crippen LogP contribution in [0, 0.1) is 11.8 Å². The molecule has 0 bridgehead atoms. The van der Waals surface area contributed by atoms with Crippen molar-refractivity contribution in [2.45, 2.75) is 109 Å². The van der Waals surface area contributed by atoms with E-state index in [9.17, 15) is 29.0 Å². The number of ether oxygens (including phenoxy) is 1. The number of carbonyl (C=O) groups is 3. The summed E-state index contributed by atoms with van der Waals surface area (Å²) in [7, 11) is 0. The van der Waals surface area contributed by atoms with Gasteiger partial charge in [0.1, 0.15) is 24.3 Å². The number of hydrogen-bond donors (Lipinski definition) is 2. The van der Waals surface area contributed by atoms with Crippen LogP contribution in [0.2, 0.25) is 0 Å². The van der Waals surface area contributed by atoms with Crippen LogP contribution in [0.1, 0.15) is 84.1 Å². The second-order valence-corrected chi connectivity index (χ2v) is 13.5. The second-order valence-electron chi connectivity index (χ2n) is 13.5. The molecule has 9 nitrogen and oxygen atoms in total. The number of pyridine rings is 1. The average molecular weight is 656 g/mol. The third-order valence-corrected chi connectivity index (χ3v) is 9.69. The van der Waals surface area contributed by atoms with Crippen LogP contribution in [0.4, 0.5) is 9.18 Å². The summed E-state index contributed by atoms with van der Waals surface area (Å²) >= 11 is 0. The fourth-order valence-electron chi connectivity index (χ4n) is 6.32. The number of aldehydes is 2. The smallest absolute Gasteiger partial charge is 0.410 e. The first-order valence-electron chi connectivity index (χ1n) is 17.0. The van der Waals surface area contributed by atoms with Crippen molar-refractivity contribution in [3.8, 4) is 0 Å². The number of aliphatic hydroxyl groups is 2. The maximum absolute atomic E-state index is 13.6. The molecule has 2 aliphatic heterocycles. The molecule has 6 atom stereocenters. The number of carbonyl (C=O) groups excluding carboxylic acids is 3. The number of aromatic nitrogens is 1. The van der Waals surface area contributed by atoms with E-state index >= 15 is 0 Å². The van der Waals surface area contributed by atoms with Gasteiger partial charge in [0.15, 0.2) is 6.10 Å². The Labute approximate surface area is 279 Å². The monoisotopic (exact) mass is 655 g/mol. The Morgan fingerprint density at radius 1 is 1.13 bits per heavy atom. The van der Waals surface area contributed by atoms with Gasteiger partial charge >= 0.3 is 6.09 Å². The van der Waals surface area contributed by atoms with Crippen molar-refractivity contribution < 1.29 is 33.7 Å². The average Bonchev–Trinajstić information content (AvgIpc) is 3.06. The number of piperidine rings is 2. The first-order chi connectivity index (χ1) is 22.4. The summed E-state index contributed by atoms with van der Waals surface area (Å²) in [6, 6.07) is 4.21. The molecule has 0 aliphatic carbocycles. The summed E-state index contributed by atoms with van der Waals surface area (Å²) in [5, 5.41) is 21.6. The molecule has 0 aromatic carbocycles. The molecule has 0 radical (unpaired) electrons. The minimum absolute atomic E-state index is 0.0482. The van der Waals surface area contributed by atoms with Crippen LogP contribution in [0.3, 0.4) is 0 Å². The Hall–Kier alpha value is -3.21. The van der Waals surface area contributed by atoms with Crippen molar-refractivity contribution in [1.29, 1.82) is 0 Å². The van der Waals surface area contributed by atoms with E-state index in [1.165, 1.54) is 0 Å². The zero-order valence-electron chi connectivity index (χ0n) is 28.4. The van der Waals surface area contributed by atoms with Gasteiger partial charge in [0.25, 0.3) is 0 Å². The number of rotatable bonds is 16. The summed E-state index contributed by atoms with van der Waals surface area (Å²) in [6.45, 7) is 9.87. The maximum Gasteiger partial charge on any atom is 0.410 e. The first-order valence-corrected chi connectivity index (χ1v) is 17.0. The fraction of sp³-hybridized carbons (Fsp3) is 0.622. The quantitative estimate of drug-likeness (QED) is 0.135. The fourth-order valence-corrected chi connectivity index (χ4v) is 6.32. The number of hydrogen-bond acceptors (Lipinski definition) is 8. The van der Waals surface area contributed by atoms with Gasteiger partial charge in [-0.05, 0) is 76.0 Å². The molecule has 2 fully saturated rings. The molecular weight excluding hydrogens is 601 g/mol. The Bertz CT molecular complexity index is 1210. The summed E-state index contributed by atoms with van der Waals surface area (Å²) in [5.74, 6) is -0.557. The molecule has 2 aliphatic rings. The molecule has 0 spiro atoms. The van der Waals surface area contributed by atoms with Gasteiger partial charge in [-0.1, -0.05) is 49.8 Å². The van der Waals surface area contributed by atoms with E-state index < -0.39 is 36.0 Å². The van der Waals surface area contributed by atoms with Gasteiger partial charge in [-0.15, -0.1) is 0 Å². The molecule has 2 saturated heterocycles. The molecule has 2 N–H and O–H groups in total. The normalized spacial score (nSPS) is 22.0. The lowest BCUT2D eigenvalue weighted by Gasteiger charge is -2.41. The topological polar surface area (TPSA) is 120 Å². The highest BCUT2D eigenvalue weighted by atomic mass is 19.1. The van der Waals surface area contributed by atoms with Gasteiger partial charge in [0.05, 0.1) is 6.10 Å². The summed E-state index contributed by atoms with van der Waals surface area (Å²) in [6.07, 6.45) is 14.0. The highest BCUT2D eigenvalue weighted by molar-refractivity contribution is 5.68. The lowest BCUT2D eigenvalue weighted by molar-refractivity contribution is -0.111. The van der Waals surface area contributed by atoms with Gasteiger partial charge in [0, 0.05) is 62.9 Å². The number of halogens is 1. The number of amides is 1. The van der Waals surface area contributed by atoms with Gasteiger partial charge in [-0.2, -0.15) is 0 Å². The van der Waals surface area contributed by atoms with Crippen molar-refractivity contribution in [3.63, 3.8) is 0 Å². The van der Waals surface area contributed by atoms with Crippen molar-refractivity contribution >= 4 is 18.7 Å². The van der Waals surface area contributed by atoms with Crippen molar-refractivity contribution in [2.75, 3.05) is 26.2 Å². The Morgan fingerprint density at radius 2 is 1.83 bits per heavy atom. The van der Waals surface area contributed by atoms with Gasteiger partial charge in [-0.25, -0.2) is 9.18 Å². The Kier molecular flexibility index (Phi) is 15.4. The van der Waals surface area contributed by atoms with Gasteiger partial charge in [-0.3, -0.25) is 4.98 Å². The van der Waals surface area contributed by atoms with Crippen LogP contribution >= 0.6 is 0 Å². The molecule has 10 heteroatoms. The zero-order chi connectivity index (χ0) is 34.4. The van der Waals surface area contributed by atoms with Crippen molar-refractivity contribution in [1.82, 2.24) is 14.8 Å². The molecular formula is C37H54FN3O6. The van der Waals surface area contributed by atoms with Crippen LogP contribution in [0.5, 0.6) is 0 Å². The van der Waals surface area contributed by atoms with E-state index in [4.69, 9.17) is 4.74 Å². The largest absolute Gasteiger partial charge is 0.439 e. The molecule has 260 valence electrons. The van der Waals surface area contributed by atoms with Gasteiger partial charge < -0.3 is 34.3 Å². The summed E-state index contributed by atoms with van der Waals surface area (Å²) < 4.78 is 19.5. The van der Waals surface area contributed by atoms with Crippen LogP contribution in [-0.4, -0.2) is 99.9 Å². The molecule has 47 heavy (non-hydrogen) atoms. The highest BCUT2D eigenvalue weighted by Gasteiger charge is 2.37. The third-order valence-electron chi connectivity index (χ3n) is 9.69. The summed E-state index contributed by atoms with van der Waals surface area (Å²) in [5.41, 5.74) is 0.409. The lowest BCUT2D eigenvalue weighted by atomic mass is 9.86. The molecule has 3 heterocycles. The molecule has 0 saturated carbocycles. The SMILES string of the molecule is C/C(=C\C=C\C(C)c1cccnc1)[C@@H](C=O)[C@@H](C)/C=C/[C@H](OC(=O)N1CCC(N2CCC(F)CC2)CC1)[C@@](C)(O)CC[C@H](O)CC=O. The van der Waals surface area contributed by atoms with Crippen LogP contribution in [0.25, 0.3) is 0 Å². The molecule has 1 aromatic rings. The first kappa shape index (κ1) is 38.2. The van der Waals surface area contributed by atoms with Crippen LogP contribution in [-0.2, 0) is 14.3 Å². The van der Waals surface area contributed by atoms with E-state index in [0.717, 1.165) is 43.4 Å².